The van der Waals surface area contributed by atoms with Crippen LogP contribution in [0.15, 0.2) is 188 Å². The lowest BCUT2D eigenvalue weighted by Gasteiger charge is -2.33. The first-order valence-corrected chi connectivity index (χ1v) is 20.2. The Morgan fingerprint density at radius 1 is 0.310 bits per heavy atom. The van der Waals surface area contributed by atoms with Crippen LogP contribution in [0.3, 0.4) is 0 Å². The van der Waals surface area contributed by atoms with Crippen molar-refractivity contribution in [3.63, 3.8) is 0 Å². The Bertz CT molecular complexity index is 3290. The molecule has 0 atom stereocenters. The molecule has 13 rings (SSSR count). The topological polar surface area (TPSA) is 18.5 Å². The minimum absolute atomic E-state index is 0.0619. The Balaban J connectivity index is 0.903. The van der Waals surface area contributed by atoms with E-state index < -0.39 is 0 Å². The van der Waals surface area contributed by atoms with Crippen LogP contribution in [0.5, 0.6) is 23.0 Å². The van der Waals surface area contributed by atoms with Crippen molar-refractivity contribution in [1.82, 2.24) is 0 Å². The van der Waals surface area contributed by atoms with E-state index in [0.29, 0.717) is 0 Å². The summed E-state index contributed by atoms with van der Waals surface area (Å²) in [5, 5.41) is 7.77. The molecule has 0 saturated carbocycles. The second-order valence-electron chi connectivity index (χ2n) is 15.9. The zero-order valence-corrected chi connectivity index (χ0v) is 31.5. The highest BCUT2D eigenvalue weighted by Gasteiger charge is 2.40. The molecule has 3 heteroatoms. The number of hydrogen-bond acceptors (Lipinski definition) is 2. The van der Waals surface area contributed by atoms with Gasteiger partial charge in [0.15, 0.2) is 0 Å². The van der Waals surface area contributed by atoms with Crippen molar-refractivity contribution in [2.24, 2.45) is 0 Å². The van der Waals surface area contributed by atoms with Gasteiger partial charge < -0.3 is 9.47 Å². The number of para-hydroxylation sites is 2. The largest absolute Gasteiger partial charge is 0.458 e. The van der Waals surface area contributed by atoms with Gasteiger partial charge >= 0.3 is 0 Å². The van der Waals surface area contributed by atoms with Gasteiger partial charge in [0.05, 0.1) is 0 Å². The minimum Gasteiger partial charge on any atom is -0.458 e. The molecule has 0 amide bonds. The molecule has 0 aromatic heterocycles. The molecular weight excluding hydrogens is 703 g/mol. The Hall–Kier alpha value is -7.36. The summed E-state index contributed by atoms with van der Waals surface area (Å²) < 4.78 is 13.4. The van der Waals surface area contributed by atoms with Crippen LogP contribution in [-0.4, -0.2) is 6.71 Å². The molecule has 58 heavy (non-hydrogen) atoms. The molecule has 268 valence electrons. The Labute approximate surface area is 336 Å². The van der Waals surface area contributed by atoms with Crippen LogP contribution < -0.4 is 25.9 Å². The summed E-state index contributed by atoms with van der Waals surface area (Å²) in [6.07, 6.45) is 0.846. The van der Waals surface area contributed by atoms with Crippen LogP contribution >= 0.6 is 0 Å². The predicted octanol–water partition coefficient (Wildman–Crippen LogP) is 12.4. The van der Waals surface area contributed by atoms with Crippen molar-refractivity contribution in [2.45, 2.75) is 6.42 Å². The summed E-state index contributed by atoms with van der Waals surface area (Å²) in [5.41, 5.74) is 16.0. The normalized spacial score (nSPS) is 13.0. The van der Waals surface area contributed by atoms with Crippen LogP contribution in [0.25, 0.3) is 76.8 Å². The third kappa shape index (κ3) is 4.56. The zero-order chi connectivity index (χ0) is 37.9. The molecule has 0 bridgehead atoms. The van der Waals surface area contributed by atoms with E-state index in [-0.39, 0.29) is 6.71 Å². The van der Waals surface area contributed by atoms with Crippen molar-refractivity contribution in [3.8, 4) is 67.5 Å². The minimum atomic E-state index is 0.0619. The molecule has 0 radical (unpaired) electrons. The molecule has 0 saturated heterocycles. The lowest BCUT2D eigenvalue weighted by Crippen LogP contribution is -2.57. The van der Waals surface area contributed by atoms with E-state index in [1.807, 2.05) is 0 Å². The van der Waals surface area contributed by atoms with Gasteiger partial charge in [0, 0.05) is 5.46 Å². The summed E-state index contributed by atoms with van der Waals surface area (Å²) >= 11 is 0. The van der Waals surface area contributed by atoms with Crippen molar-refractivity contribution < 1.29 is 9.47 Å². The van der Waals surface area contributed by atoms with E-state index in [2.05, 4.69) is 188 Å². The molecule has 2 aliphatic heterocycles. The van der Waals surface area contributed by atoms with E-state index >= 15 is 0 Å². The molecule has 0 unspecified atom stereocenters. The Kier molecular flexibility index (Phi) is 6.62. The highest BCUT2D eigenvalue weighted by atomic mass is 16.5. The zero-order valence-electron chi connectivity index (χ0n) is 31.5. The maximum atomic E-state index is 6.69. The van der Waals surface area contributed by atoms with E-state index in [4.69, 9.17) is 9.47 Å². The van der Waals surface area contributed by atoms with Crippen molar-refractivity contribution in [1.29, 1.82) is 0 Å². The van der Waals surface area contributed by atoms with Crippen LogP contribution in [0, 0.1) is 0 Å². The van der Waals surface area contributed by atoms with Crippen LogP contribution in [-0.2, 0) is 6.42 Å². The van der Waals surface area contributed by atoms with E-state index in [9.17, 15) is 0 Å². The smallest absolute Gasteiger partial charge is 0.260 e. The lowest BCUT2D eigenvalue weighted by atomic mass is 9.35. The van der Waals surface area contributed by atoms with E-state index in [1.165, 1.54) is 93.3 Å². The van der Waals surface area contributed by atoms with Crippen molar-refractivity contribution in [2.75, 3.05) is 0 Å². The van der Waals surface area contributed by atoms with Crippen LogP contribution in [0.4, 0.5) is 0 Å². The fourth-order valence-electron chi connectivity index (χ4n) is 10.3. The monoisotopic (exact) mass is 736 g/mol. The summed E-state index contributed by atoms with van der Waals surface area (Å²) in [7, 11) is 0. The second kappa shape index (κ2) is 12.1. The molecular formula is C55H33BO2. The lowest BCUT2D eigenvalue weighted by molar-refractivity contribution is 0.465. The van der Waals surface area contributed by atoms with Gasteiger partial charge in [0.25, 0.3) is 6.71 Å². The summed E-state index contributed by atoms with van der Waals surface area (Å²) in [6.45, 7) is 0.0619. The molecule has 0 N–H and O–H groups in total. The molecule has 10 aromatic carbocycles. The fraction of sp³-hybridized carbons (Fsp3) is 0.0182. The second-order valence-corrected chi connectivity index (χ2v) is 15.9. The van der Waals surface area contributed by atoms with Gasteiger partial charge in [-0.1, -0.05) is 152 Å². The molecule has 2 nitrogen and oxygen atoms in total. The van der Waals surface area contributed by atoms with E-state index in [1.54, 1.807) is 0 Å². The molecule has 3 aliphatic rings. The molecule has 2 heterocycles. The summed E-state index contributed by atoms with van der Waals surface area (Å²) in [6, 6.07) is 68.5. The highest BCUT2D eigenvalue weighted by molar-refractivity contribution is 6.98. The Morgan fingerprint density at radius 2 is 0.776 bits per heavy atom. The van der Waals surface area contributed by atoms with Crippen molar-refractivity contribution >= 4 is 55.4 Å². The highest BCUT2D eigenvalue weighted by Crippen LogP contribution is 2.47. The standard InChI is InChI=1S/C55H33BO2/c1-2-16-41-39(14-1)40-15-3-4-17-42(40)46-29-34(26-27-45(41)46)33-12-9-13-35(28-33)37-18-10-20-43-44-21-11-19-38(48(44)32-47(37)43)36-30-53-55-54(31-36)58-52-25-8-6-23-50(52)56(55)49-22-5-7-24-51(49)57-53/h1-31H,32H2. The first kappa shape index (κ1) is 31.8. The SMILES string of the molecule is c1cc(-c2ccc3c4ccccc4c4ccccc4c3c2)cc(-c2cccc3c2Cc2c(-c4cc5c6c(c4)Oc4ccccc4B6c4ccccc4O5)cccc2-3)c1. The summed E-state index contributed by atoms with van der Waals surface area (Å²) in [4.78, 5) is 0. The van der Waals surface area contributed by atoms with Crippen molar-refractivity contribution in [3.05, 3.63) is 199 Å². The number of ether oxygens (including phenoxy) is 2. The van der Waals surface area contributed by atoms with Gasteiger partial charge in [0.2, 0.25) is 0 Å². The number of benzene rings is 10. The molecule has 0 fully saturated rings. The predicted molar refractivity (Wildman–Crippen MR) is 241 cm³/mol. The first-order valence-electron chi connectivity index (χ1n) is 20.2. The number of hydrogen-bond donors (Lipinski definition) is 0. The van der Waals surface area contributed by atoms with Gasteiger partial charge in [-0.3, -0.25) is 0 Å². The van der Waals surface area contributed by atoms with Crippen LogP contribution in [0.2, 0.25) is 0 Å². The Morgan fingerprint density at radius 3 is 1.40 bits per heavy atom. The third-order valence-corrected chi connectivity index (χ3v) is 12.9. The van der Waals surface area contributed by atoms with Gasteiger partial charge in [0.1, 0.15) is 23.0 Å². The maximum absolute atomic E-state index is 6.69. The average molecular weight is 737 g/mol. The molecule has 0 spiro atoms. The average Bonchev–Trinajstić information content (AvgIpc) is 3.68. The number of rotatable bonds is 3. The van der Waals surface area contributed by atoms with Gasteiger partial charge in [-0.25, -0.2) is 0 Å². The van der Waals surface area contributed by atoms with E-state index in [0.717, 1.165) is 40.4 Å². The van der Waals surface area contributed by atoms with Gasteiger partial charge in [-0.05, 0) is 142 Å². The first-order chi connectivity index (χ1) is 28.7. The van der Waals surface area contributed by atoms with Gasteiger partial charge in [-0.15, -0.1) is 0 Å². The fourth-order valence-corrected chi connectivity index (χ4v) is 10.3. The van der Waals surface area contributed by atoms with Crippen LogP contribution in [0.1, 0.15) is 11.1 Å². The number of fused-ring (bicyclic) bond motifs is 13. The van der Waals surface area contributed by atoms with Gasteiger partial charge in [-0.2, -0.15) is 0 Å². The quantitative estimate of drug-likeness (QED) is 0.133. The molecule has 10 aromatic rings. The third-order valence-electron chi connectivity index (χ3n) is 12.9. The summed E-state index contributed by atoms with van der Waals surface area (Å²) in [5.74, 6) is 3.54. The molecule has 1 aliphatic carbocycles. The maximum Gasteiger partial charge on any atom is 0.260 e.